The van der Waals surface area contributed by atoms with Gasteiger partial charge in [-0.15, -0.1) is 11.3 Å². The maximum atomic E-state index is 12.1. The fourth-order valence-corrected chi connectivity index (χ4v) is 2.60. The van der Waals surface area contributed by atoms with Crippen LogP contribution in [0.2, 0.25) is 0 Å². The Morgan fingerprint density at radius 1 is 1.19 bits per heavy atom. The van der Waals surface area contributed by atoms with Crippen molar-refractivity contribution in [3.63, 3.8) is 0 Å². The van der Waals surface area contributed by atoms with Crippen molar-refractivity contribution in [2.24, 2.45) is 0 Å². The minimum absolute atomic E-state index is 0.0509. The molecule has 0 N–H and O–H groups in total. The van der Waals surface area contributed by atoms with Gasteiger partial charge in [-0.3, -0.25) is 0 Å². The summed E-state index contributed by atoms with van der Waals surface area (Å²) >= 11 is 1.27. The molecule has 1 heterocycles. The first-order chi connectivity index (χ1) is 13.1. The first-order valence-corrected chi connectivity index (χ1v) is 8.68. The summed E-state index contributed by atoms with van der Waals surface area (Å²) < 4.78 is 20.3. The molecular formula is C19H17NO6S. The van der Waals surface area contributed by atoms with Crippen LogP contribution in [0.4, 0.5) is 0 Å². The largest absolute Gasteiger partial charge is 0.493 e. The topological polar surface area (TPSA) is 94.9 Å². The predicted molar refractivity (Wildman–Crippen MR) is 98.7 cm³/mol. The third kappa shape index (κ3) is 5.67. The lowest BCUT2D eigenvalue weighted by Crippen LogP contribution is -2.11. The number of nitriles is 1. The summed E-state index contributed by atoms with van der Waals surface area (Å²) in [5.41, 5.74) is 0.347. The molecule has 0 atom stereocenters. The van der Waals surface area contributed by atoms with Crippen molar-refractivity contribution < 1.29 is 28.5 Å². The lowest BCUT2D eigenvalue weighted by atomic mass is 10.1. The van der Waals surface area contributed by atoms with Crippen molar-refractivity contribution in [2.75, 3.05) is 27.4 Å². The molecule has 0 aliphatic carbocycles. The summed E-state index contributed by atoms with van der Waals surface area (Å²) in [6.45, 7) is 0.290. The monoisotopic (exact) mass is 387 g/mol. The highest BCUT2D eigenvalue weighted by Crippen LogP contribution is 2.30. The first-order valence-electron chi connectivity index (χ1n) is 7.80. The van der Waals surface area contributed by atoms with Gasteiger partial charge in [-0.05, 0) is 35.2 Å². The minimum Gasteiger partial charge on any atom is -0.493 e. The van der Waals surface area contributed by atoms with Gasteiger partial charge in [-0.2, -0.15) is 5.26 Å². The van der Waals surface area contributed by atoms with Crippen molar-refractivity contribution >= 4 is 29.4 Å². The number of hydrogen-bond acceptors (Lipinski definition) is 8. The molecule has 27 heavy (non-hydrogen) atoms. The SMILES string of the molecule is COCCOC(=O)/C(C#N)=C/c1ccc(OC(=O)c2cccs2)c(OC)c1. The Bertz CT molecular complexity index is 867. The summed E-state index contributed by atoms with van der Waals surface area (Å²) in [6.07, 6.45) is 1.36. The number of hydrogen-bond donors (Lipinski definition) is 0. The third-order valence-electron chi connectivity index (χ3n) is 3.28. The number of benzene rings is 1. The zero-order chi connectivity index (χ0) is 19.6. The summed E-state index contributed by atoms with van der Waals surface area (Å²) in [5, 5.41) is 10.9. The number of methoxy groups -OCH3 is 2. The van der Waals surface area contributed by atoms with Crippen molar-refractivity contribution in [3.8, 4) is 17.6 Å². The maximum Gasteiger partial charge on any atom is 0.353 e. The van der Waals surface area contributed by atoms with E-state index in [4.69, 9.17) is 18.9 Å². The number of nitrogens with zero attached hydrogens (tertiary/aromatic N) is 1. The van der Waals surface area contributed by atoms with Gasteiger partial charge in [0.15, 0.2) is 11.5 Å². The van der Waals surface area contributed by atoms with E-state index in [1.807, 2.05) is 0 Å². The average Bonchev–Trinajstić information content (AvgIpc) is 3.22. The molecule has 0 saturated carbocycles. The van der Waals surface area contributed by atoms with Gasteiger partial charge in [-0.25, -0.2) is 9.59 Å². The van der Waals surface area contributed by atoms with Gasteiger partial charge in [0.05, 0.1) is 13.7 Å². The smallest absolute Gasteiger partial charge is 0.353 e. The molecule has 140 valence electrons. The minimum atomic E-state index is -0.748. The highest BCUT2D eigenvalue weighted by atomic mass is 32.1. The van der Waals surface area contributed by atoms with Crippen LogP contribution in [0.1, 0.15) is 15.2 Å². The molecule has 0 radical (unpaired) electrons. The first kappa shape index (κ1) is 20.2. The van der Waals surface area contributed by atoms with E-state index in [2.05, 4.69) is 0 Å². The van der Waals surface area contributed by atoms with Crippen LogP contribution in [0.15, 0.2) is 41.3 Å². The van der Waals surface area contributed by atoms with Crippen molar-refractivity contribution in [1.29, 1.82) is 5.26 Å². The van der Waals surface area contributed by atoms with Crippen LogP contribution in [0.3, 0.4) is 0 Å². The highest BCUT2D eigenvalue weighted by molar-refractivity contribution is 7.12. The van der Waals surface area contributed by atoms with E-state index in [1.165, 1.54) is 37.7 Å². The molecule has 2 aromatic rings. The Kier molecular flexibility index (Phi) is 7.55. The van der Waals surface area contributed by atoms with Crippen LogP contribution >= 0.6 is 11.3 Å². The second-order valence-corrected chi connectivity index (χ2v) is 6.02. The number of esters is 2. The van der Waals surface area contributed by atoms with E-state index in [-0.39, 0.29) is 24.5 Å². The number of rotatable bonds is 8. The lowest BCUT2D eigenvalue weighted by Gasteiger charge is -2.09. The van der Waals surface area contributed by atoms with E-state index < -0.39 is 11.9 Å². The van der Waals surface area contributed by atoms with Crippen LogP contribution in [0, 0.1) is 11.3 Å². The molecule has 0 amide bonds. The molecule has 0 aliphatic rings. The number of carbonyl (C=O) groups is 2. The van der Waals surface area contributed by atoms with Crippen molar-refractivity contribution in [1.82, 2.24) is 0 Å². The summed E-state index contributed by atoms with van der Waals surface area (Å²) in [4.78, 5) is 24.4. The standard InChI is InChI=1S/C19H17NO6S/c1-23-7-8-25-18(21)14(12-20)10-13-5-6-15(16(11-13)24-2)26-19(22)17-4-3-9-27-17/h3-6,9-11H,7-8H2,1-2H3/b14-10+. The molecule has 7 nitrogen and oxygen atoms in total. The van der Waals surface area contributed by atoms with Crippen LogP contribution in [0.25, 0.3) is 6.08 Å². The molecule has 1 aromatic heterocycles. The van der Waals surface area contributed by atoms with E-state index in [9.17, 15) is 14.9 Å². The van der Waals surface area contributed by atoms with E-state index in [0.29, 0.717) is 16.2 Å². The normalized spacial score (nSPS) is 10.8. The molecule has 0 fully saturated rings. The molecule has 0 saturated heterocycles. The van der Waals surface area contributed by atoms with Gasteiger partial charge >= 0.3 is 11.9 Å². The number of thiophene rings is 1. The molecule has 0 bridgehead atoms. The maximum absolute atomic E-state index is 12.1. The molecule has 0 aliphatic heterocycles. The summed E-state index contributed by atoms with van der Waals surface area (Å²) in [6, 6.07) is 9.89. The molecule has 8 heteroatoms. The summed E-state index contributed by atoms with van der Waals surface area (Å²) in [5.74, 6) is -0.722. The molecular weight excluding hydrogens is 370 g/mol. The Labute approximate surface area is 160 Å². The quantitative estimate of drug-likeness (QED) is 0.226. The van der Waals surface area contributed by atoms with Crippen LogP contribution in [0.5, 0.6) is 11.5 Å². The fourth-order valence-electron chi connectivity index (χ4n) is 2.00. The van der Waals surface area contributed by atoms with Crippen molar-refractivity contribution in [3.05, 3.63) is 51.7 Å². The Morgan fingerprint density at radius 3 is 2.63 bits per heavy atom. The number of ether oxygens (including phenoxy) is 4. The van der Waals surface area contributed by atoms with Gasteiger partial charge in [0.2, 0.25) is 0 Å². The third-order valence-corrected chi connectivity index (χ3v) is 4.13. The summed E-state index contributed by atoms with van der Waals surface area (Å²) in [7, 11) is 2.91. The van der Waals surface area contributed by atoms with E-state index >= 15 is 0 Å². The Balaban J connectivity index is 2.17. The highest BCUT2D eigenvalue weighted by Gasteiger charge is 2.15. The second kappa shape index (κ2) is 10.1. The lowest BCUT2D eigenvalue weighted by molar-refractivity contribution is -0.139. The molecule has 0 unspecified atom stereocenters. The van der Waals surface area contributed by atoms with Crippen molar-refractivity contribution in [2.45, 2.75) is 0 Å². The second-order valence-electron chi connectivity index (χ2n) is 5.08. The average molecular weight is 387 g/mol. The van der Waals surface area contributed by atoms with Gasteiger partial charge in [0.1, 0.15) is 23.1 Å². The van der Waals surface area contributed by atoms with Crippen LogP contribution < -0.4 is 9.47 Å². The molecule has 1 aromatic carbocycles. The Hall–Kier alpha value is -3.15. The molecule has 0 spiro atoms. The Morgan fingerprint density at radius 2 is 2.00 bits per heavy atom. The predicted octanol–water partition coefficient (Wildman–Crippen LogP) is 3.07. The van der Waals surface area contributed by atoms with E-state index in [0.717, 1.165) is 0 Å². The zero-order valence-electron chi connectivity index (χ0n) is 14.8. The fraction of sp³-hybridized carbons (Fsp3) is 0.211. The zero-order valence-corrected chi connectivity index (χ0v) is 15.6. The van der Waals surface area contributed by atoms with Gasteiger partial charge < -0.3 is 18.9 Å². The van der Waals surface area contributed by atoms with Crippen LogP contribution in [-0.4, -0.2) is 39.4 Å². The van der Waals surface area contributed by atoms with Gasteiger partial charge in [0, 0.05) is 7.11 Å². The van der Waals surface area contributed by atoms with E-state index in [1.54, 1.807) is 35.7 Å². The van der Waals surface area contributed by atoms with Gasteiger partial charge in [-0.1, -0.05) is 12.1 Å². The molecule has 2 rings (SSSR count). The van der Waals surface area contributed by atoms with Gasteiger partial charge in [0.25, 0.3) is 0 Å². The van der Waals surface area contributed by atoms with Crippen LogP contribution in [-0.2, 0) is 14.3 Å². The number of carbonyl (C=O) groups excluding carboxylic acids is 2.